The molecule has 0 aliphatic carbocycles. The molecule has 1 atom stereocenters. The van der Waals surface area contributed by atoms with E-state index < -0.39 is 0 Å². The monoisotopic (exact) mass is 296 g/mol. The molecule has 0 amide bonds. The van der Waals surface area contributed by atoms with Crippen molar-refractivity contribution in [3.8, 4) is 5.75 Å². The van der Waals surface area contributed by atoms with Gasteiger partial charge in [0, 0.05) is 12.1 Å². The molecule has 116 valence electrons. The molecule has 1 unspecified atom stereocenters. The molecule has 0 bridgehead atoms. The third-order valence-corrected chi connectivity index (χ3v) is 4.57. The van der Waals surface area contributed by atoms with Crippen molar-refractivity contribution in [1.29, 1.82) is 0 Å². The lowest BCUT2D eigenvalue weighted by Gasteiger charge is -2.31. The lowest BCUT2D eigenvalue weighted by atomic mass is 9.87. The second-order valence-electron chi connectivity index (χ2n) is 6.16. The van der Waals surface area contributed by atoms with Crippen LogP contribution >= 0.6 is 0 Å². The third kappa shape index (κ3) is 3.47. The van der Waals surface area contributed by atoms with Crippen molar-refractivity contribution in [2.45, 2.75) is 32.8 Å². The van der Waals surface area contributed by atoms with Gasteiger partial charge in [-0.2, -0.15) is 0 Å². The van der Waals surface area contributed by atoms with E-state index in [4.69, 9.17) is 4.74 Å². The molecule has 0 saturated carbocycles. The summed E-state index contributed by atoms with van der Waals surface area (Å²) in [5.74, 6) is 1.40. The lowest BCUT2D eigenvalue weighted by Crippen LogP contribution is -2.32. The number of piperidine rings is 1. The van der Waals surface area contributed by atoms with Crippen LogP contribution in [0.1, 0.15) is 35.6 Å². The predicted molar refractivity (Wildman–Crippen MR) is 89.1 cm³/mol. The van der Waals surface area contributed by atoms with Crippen LogP contribution in [-0.2, 0) is 0 Å². The summed E-state index contributed by atoms with van der Waals surface area (Å²) in [6.07, 6.45) is 5.98. The molecule has 2 heterocycles. The summed E-state index contributed by atoms with van der Waals surface area (Å²) in [5.41, 5.74) is 3.93. The highest BCUT2D eigenvalue weighted by Crippen LogP contribution is 2.34. The van der Waals surface area contributed by atoms with Gasteiger partial charge < -0.3 is 10.1 Å². The standard InChI is InChI=1S/C19H24N2O/c1-14-5-6-17(12-15(14)2)19(16-7-10-20-11-8-16)22-18-4-3-9-21-13-18/h3-6,9,12-13,16,19-20H,7-8,10-11H2,1-2H3. The van der Waals surface area contributed by atoms with Crippen LogP contribution in [0.15, 0.2) is 42.7 Å². The third-order valence-electron chi connectivity index (χ3n) is 4.57. The zero-order valence-corrected chi connectivity index (χ0v) is 13.4. The molecule has 1 saturated heterocycles. The predicted octanol–water partition coefficient (Wildman–Crippen LogP) is 3.82. The van der Waals surface area contributed by atoms with Crippen LogP contribution in [0.5, 0.6) is 5.75 Å². The van der Waals surface area contributed by atoms with E-state index in [0.29, 0.717) is 5.92 Å². The average molecular weight is 296 g/mol. The van der Waals surface area contributed by atoms with Crippen LogP contribution in [-0.4, -0.2) is 18.1 Å². The molecule has 3 rings (SSSR count). The van der Waals surface area contributed by atoms with E-state index in [2.05, 4.69) is 42.3 Å². The zero-order chi connectivity index (χ0) is 15.4. The number of rotatable bonds is 4. The van der Waals surface area contributed by atoms with Crippen molar-refractivity contribution in [1.82, 2.24) is 10.3 Å². The average Bonchev–Trinajstić information content (AvgIpc) is 2.57. The summed E-state index contributed by atoms with van der Waals surface area (Å²) >= 11 is 0. The molecule has 1 aliphatic heterocycles. The van der Waals surface area contributed by atoms with Crippen molar-refractivity contribution in [3.63, 3.8) is 0 Å². The smallest absolute Gasteiger partial charge is 0.138 e. The Labute approximate surface area is 132 Å². The van der Waals surface area contributed by atoms with Crippen molar-refractivity contribution in [3.05, 3.63) is 59.4 Å². The Bertz CT molecular complexity index is 606. The molecule has 22 heavy (non-hydrogen) atoms. The Hall–Kier alpha value is -1.87. The van der Waals surface area contributed by atoms with E-state index in [1.807, 2.05) is 12.1 Å². The minimum absolute atomic E-state index is 0.102. The molecule has 1 N–H and O–H groups in total. The number of ether oxygens (including phenoxy) is 1. The second-order valence-corrected chi connectivity index (χ2v) is 6.16. The number of nitrogens with one attached hydrogen (secondary N) is 1. The highest BCUT2D eigenvalue weighted by molar-refractivity contribution is 5.32. The van der Waals surface area contributed by atoms with Crippen LogP contribution in [0.25, 0.3) is 0 Å². The van der Waals surface area contributed by atoms with Gasteiger partial charge in [0.1, 0.15) is 11.9 Å². The summed E-state index contributed by atoms with van der Waals surface area (Å²) < 4.78 is 6.34. The molecule has 1 aromatic heterocycles. The van der Waals surface area contributed by atoms with Crippen molar-refractivity contribution in [2.24, 2.45) is 5.92 Å². The van der Waals surface area contributed by atoms with Crippen molar-refractivity contribution in [2.75, 3.05) is 13.1 Å². The van der Waals surface area contributed by atoms with Crippen LogP contribution in [0, 0.1) is 19.8 Å². The number of pyridine rings is 1. The van der Waals surface area contributed by atoms with Gasteiger partial charge in [0.05, 0.1) is 6.20 Å². The fourth-order valence-corrected chi connectivity index (χ4v) is 3.09. The first kappa shape index (κ1) is 15.0. The zero-order valence-electron chi connectivity index (χ0n) is 13.4. The fraction of sp³-hybridized carbons (Fsp3) is 0.421. The van der Waals surface area contributed by atoms with E-state index in [-0.39, 0.29) is 6.10 Å². The van der Waals surface area contributed by atoms with Crippen LogP contribution < -0.4 is 10.1 Å². The maximum Gasteiger partial charge on any atom is 0.138 e. The highest BCUT2D eigenvalue weighted by Gasteiger charge is 2.27. The largest absolute Gasteiger partial charge is 0.484 e. The van der Waals surface area contributed by atoms with Gasteiger partial charge in [0.2, 0.25) is 0 Å². The highest BCUT2D eigenvalue weighted by atomic mass is 16.5. The molecule has 1 fully saturated rings. The maximum atomic E-state index is 6.34. The Balaban J connectivity index is 1.89. The van der Waals surface area contributed by atoms with Crippen LogP contribution in [0.4, 0.5) is 0 Å². The van der Waals surface area contributed by atoms with Crippen molar-refractivity contribution < 1.29 is 4.74 Å². The second kappa shape index (κ2) is 6.93. The lowest BCUT2D eigenvalue weighted by molar-refractivity contribution is 0.112. The van der Waals surface area contributed by atoms with E-state index >= 15 is 0 Å². The Morgan fingerprint density at radius 1 is 1.14 bits per heavy atom. The molecular formula is C19H24N2O. The number of hydrogen-bond acceptors (Lipinski definition) is 3. The number of hydrogen-bond donors (Lipinski definition) is 1. The summed E-state index contributed by atoms with van der Waals surface area (Å²) in [4.78, 5) is 4.17. The fourth-order valence-electron chi connectivity index (χ4n) is 3.09. The summed E-state index contributed by atoms with van der Waals surface area (Å²) in [6, 6.07) is 10.6. The van der Waals surface area contributed by atoms with E-state index in [1.165, 1.54) is 16.7 Å². The minimum Gasteiger partial charge on any atom is -0.484 e. The van der Waals surface area contributed by atoms with E-state index in [9.17, 15) is 0 Å². The molecule has 1 aliphatic rings. The molecule has 0 radical (unpaired) electrons. The number of nitrogens with zero attached hydrogens (tertiary/aromatic N) is 1. The SMILES string of the molecule is Cc1ccc(C(Oc2cccnc2)C2CCNCC2)cc1C. The van der Waals surface area contributed by atoms with Crippen molar-refractivity contribution >= 4 is 0 Å². The first-order valence-corrected chi connectivity index (χ1v) is 8.08. The molecule has 2 aromatic rings. The molecule has 3 nitrogen and oxygen atoms in total. The van der Waals surface area contributed by atoms with Gasteiger partial charge in [0.15, 0.2) is 0 Å². The molecule has 0 spiro atoms. The first-order chi connectivity index (χ1) is 10.7. The van der Waals surface area contributed by atoms with Gasteiger partial charge in [-0.1, -0.05) is 18.2 Å². The van der Waals surface area contributed by atoms with Gasteiger partial charge in [-0.05, 0) is 68.6 Å². The van der Waals surface area contributed by atoms with E-state index in [1.54, 1.807) is 12.4 Å². The quantitative estimate of drug-likeness (QED) is 0.931. The number of aryl methyl sites for hydroxylation is 2. The normalized spacial score (nSPS) is 17.2. The van der Waals surface area contributed by atoms with Gasteiger partial charge >= 0.3 is 0 Å². The summed E-state index contributed by atoms with van der Waals surface area (Å²) in [7, 11) is 0. The topological polar surface area (TPSA) is 34.1 Å². The molecule has 1 aromatic carbocycles. The van der Waals surface area contributed by atoms with Crippen LogP contribution in [0.3, 0.4) is 0 Å². The molecule has 3 heteroatoms. The number of benzene rings is 1. The van der Waals surface area contributed by atoms with Crippen LogP contribution in [0.2, 0.25) is 0 Å². The Morgan fingerprint density at radius 2 is 1.95 bits per heavy atom. The summed E-state index contributed by atoms with van der Waals surface area (Å²) in [5, 5.41) is 3.44. The Kier molecular flexibility index (Phi) is 4.74. The Morgan fingerprint density at radius 3 is 2.64 bits per heavy atom. The van der Waals surface area contributed by atoms with Gasteiger partial charge in [-0.3, -0.25) is 4.98 Å². The van der Waals surface area contributed by atoms with E-state index in [0.717, 1.165) is 31.7 Å². The van der Waals surface area contributed by atoms with Gasteiger partial charge in [-0.15, -0.1) is 0 Å². The number of aromatic nitrogens is 1. The maximum absolute atomic E-state index is 6.34. The summed E-state index contributed by atoms with van der Waals surface area (Å²) in [6.45, 7) is 6.47. The minimum atomic E-state index is 0.102. The first-order valence-electron chi connectivity index (χ1n) is 8.08. The van der Waals surface area contributed by atoms with Gasteiger partial charge in [0.25, 0.3) is 0 Å². The van der Waals surface area contributed by atoms with Gasteiger partial charge in [-0.25, -0.2) is 0 Å². The molecular weight excluding hydrogens is 272 g/mol.